The van der Waals surface area contributed by atoms with Gasteiger partial charge in [-0.25, -0.2) is 4.98 Å². The fraction of sp³-hybridized carbons (Fsp3) is 0.526. The van der Waals surface area contributed by atoms with E-state index in [1.54, 1.807) is 0 Å². The van der Waals surface area contributed by atoms with E-state index in [0.717, 1.165) is 0 Å². The van der Waals surface area contributed by atoms with Crippen LogP contribution < -0.4 is 0 Å². The predicted octanol–water partition coefficient (Wildman–Crippen LogP) is 5.48. The fourth-order valence-electron chi connectivity index (χ4n) is 3.33. The van der Waals surface area contributed by atoms with Gasteiger partial charge in [-0.2, -0.15) is 0 Å². The van der Waals surface area contributed by atoms with Gasteiger partial charge in [0.1, 0.15) is 0 Å². The molecule has 0 aliphatic carbocycles. The van der Waals surface area contributed by atoms with Crippen LogP contribution in [-0.2, 0) is 0 Å². The van der Waals surface area contributed by atoms with Crippen molar-refractivity contribution in [3.8, 4) is 5.69 Å². The molecule has 0 aliphatic heterocycles. The molecule has 1 radical (unpaired) electrons. The number of rotatable bonds is 7. The lowest BCUT2D eigenvalue weighted by molar-refractivity contribution is 0.616. The third kappa shape index (κ3) is 3.20. The maximum atomic E-state index is 4.14. The Morgan fingerprint density at radius 3 is 1.86 bits per heavy atom. The molecular formula is C19H27N2. The van der Waals surface area contributed by atoms with Crippen LogP contribution in [0.1, 0.15) is 76.3 Å². The molecule has 0 spiro atoms. The van der Waals surface area contributed by atoms with Crippen molar-refractivity contribution in [1.29, 1.82) is 0 Å². The highest BCUT2D eigenvalue weighted by Gasteiger charge is 2.20. The van der Waals surface area contributed by atoms with Gasteiger partial charge in [0.05, 0.1) is 5.69 Å². The monoisotopic (exact) mass is 283 g/mol. The van der Waals surface area contributed by atoms with Gasteiger partial charge < -0.3 is 0 Å². The number of hydrogen-bond acceptors (Lipinski definition) is 1. The summed E-state index contributed by atoms with van der Waals surface area (Å²) >= 11 is 0. The maximum absolute atomic E-state index is 4.14. The molecule has 2 rings (SSSR count). The summed E-state index contributed by atoms with van der Waals surface area (Å²) in [6, 6.07) is 6.79. The quantitative estimate of drug-likeness (QED) is 0.658. The zero-order valence-corrected chi connectivity index (χ0v) is 13.8. The lowest BCUT2D eigenvalue weighted by Gasteiger charge is -2.24. The highest BCUT2D eigenvalue weighted by molar-refractivity contribution is 5.51. The number of benzene rings is 1. The van der Waals surface area contributed by atoms with Gasteiger partial charge in [0.15, 0.2) is 6.33 Å². The molecule has 0 amide bonds. The third-order valence-corrected chi connectivity index (χ3v) is 4.65. The highest BCUT2D eigenvalue weighted by atomic mass is 15.0. The third-order valence-electron chi connectivity index (χ3n) is 4.65. The van der Waals surface area contributed by atoms with Crippen molar-refractivity contribution < 1.29 is 0 Å². The van der Waals surface area contributed by atoms with E-state index in [9.17, 15) is 0 Å². The van der Waals surface area contributed by atoms with Crippen LogP contribution in [0.3, 0.4) is 0 Å². The van der Waals surface area contributed by atoms with Gasteiger partial charge >= 0.3 is 0 Å². The first-order valence-electron chi connectivity index (χ1n) is 8.30. The SMILES string of the molecule is CCC(CC)c1cccc(C(CC)CC)c1-n1[c]ncc1. The standard InChI is InChI=1S/C19H27N2/c1-5-15(6-2)17-10-9-11-18(16(7-3)8-4)19(17)21-13-12-20-14-21/h9-13,15-16H,5-8H2,1-4H3. The van der Waals surface area contributed by atoms with Gasteiger partial charge in [-0.05, 0) is 48.6 Å². The number of nitrogens with zero attached hydrogens (tertiary/aromatic N) is 2. The van der Waals surface area contributed by atoms with Crippen molar-refractivity contribution >= 4 is 0 Å². The second kappa shape index (κ2) is 7.44. The smallest absolute Gasteiger partial charge is 0.181 e. The number of para-hydroxylation sites is 1. The molecule has 113 valence electrons. The molecule has 0 fully saturated rings. The van der Waals surface area contributed by atoms with Gasteiger partial charge in [0.25, 0.3) is 0 Å². The van der Waals surface area contributed by atoms with E-state index in [1.165, 1.54) is 42.5 Å². The molecule has 0 N–H and O–H groups in total. The van der Waals surface area contributed by atoms with E-state index < -0.39 is 0 Å². The molecule has 0 bridgehead atoms. The molecule has 0 saturated carbocycles. The Kier molecular flexibility index (Phi) is 5.60. The molecule has 2 nitrogen and oxygen atoms in total. The van der Waals surface area contributed by atoms with E-state index in [1.807, 2.05) is 12.4 Å². The van der Waals surface area contributed by atoms with Crippen molar-refractivity contribution in [2.75, 3.05) is 0 Å². The van der Waals surface area contributed by atoms with Crippen LogP contribution in [0.15, 0.2) is 30.6 Å². The second-order valence-corrected chi connectivity index (χ2v) is 5.71. The van der Waals surface area contributed by atoms with Crippen LogP contribution in [0.4, 0.5) is 0 Å². The van der Waals surface area contributed by atoms with Crippen molar-refractivity contribution in [3.63, 3.8) is 0 Å². The first kappa shape index (κ1) is 15.8. The number of hydrogen-bond donors (Lipinski definition) is 0. The van der Waals surface area contributed by atoms with Crippen LogP contribution in [0.5, 0.6) is 0 Å². The van der Waals surface area contributed by atoms with Gasteiger partial charge in [-0.15, -0.1) is 0 Å². The van der Waals surface area contributed by atoms with Crippen LogP contribution in [0.2, 0.25) is 0 Å². The summed E-state index contributed by atoms with van der Waals surface area (Å²) in [7, 11) is 0. The summed E-state index contributed by atoms with van der Waals surface area (Å²) in [5.41, 5.74) is 4.20. The lowest BCUT2D eigenvalue weighted by atomic mass is 9.85. The molecule has 1 aromatic carbocycles. The molecule has 1 heterocycles. The topological polar surface area (TPSA) is 17.8 Å². The predicted molar refractivity (Wildman–Crippen MR) is 89.0 cm³/mol. The first-order chi connectivity index (χ1) is 10.3. The van der Waals surface area contributed by atoms with Gasteiger partial charge in [-0.3, -0.25) is 4.57 Å². The zero-order chi connectivity index (χ0) is 15.2. The van der Waals surface area contributed by atoms with E-state index in [4.69, 9.17) is 0 Å². The van der Waals surface area contributed by atoms with Gasteiger partial charge in [0, 0.05) is 12.4 Å². The van der Waals surface area contributed by atoms with Crippen LogP contribution >= 0.6 is 0 Å². The van der Waals surface area contributed by atoms with E-state index in [0.29, 0.717) is 11.8 Å². The number of imidazole rings is 1. The Hall–Kier alpha value is -1.57. The van der Waals surface area contributed by atoms with E-state index in [2.05, 4.69) is 61.8 Å². The summed E-state index contributed by atoms with van der Waals surface area (Å²) in [5, 5.41) is 0. The van der Waals surface area contributed by atoms with E-state index in [-0.39, 0.29) is 0 Å². The molecule has 0 aliphatic rings. The van der Waals surface area contributed by atoms with Gasteiger partial charge in [-0.1, -0.05) is 45.9 Å². The average Bonchev–Trinajstić information content (AvgIpc) is 3.04. The molecule has 21 heavy (non-hydrogen) atoms. The molecule has 2 heteroatoms. The van der Waals surface area contributed by atoms with Crippen LogP contribution in [0.25, 0.3) is 5.69 Å². The molecule has 0 saturated heterocycles. The Morgan fingerprint density at radius 1 is 0.952 bits per heavy atom. The van der Waals surface area contributed by atoms with E-state index >= 15 is 0 Å². The summed E-state index contributed by atoms with van der Waals surface area (Å²) in [6.45, 7) is 9.11. The molecule has 0 atom stereocenters. The lowest BCUT2D eigenvalue weighted by Crippen LogP contribution is -2.09. The fourth-order valence-corrected chi connectivity index (χ4v) is 3.33. The highest BCUT2D eigenvalue weighted by Crippen LogP contribution is 2.36. The molecule has 2 aromatic rings. The summed E-state index contributed by atoms with van der Waals surface area (Å²) in [6.07, 6.45) is 11.6. The normalized spacial score (nSPS) is 11.5. The molecule has 0 unspecified atom stereocenters. The average molecular weight is 283 g/mol. The zero-order valence-electron chi connectivity index (χ0n) is 13.8. The van der Waals surface area contributed by atoms with Crippen molar-refractivity contribution in [2.24, 2.45) is 0 Å². The summed E-state index contributed by atoms with van der Waals surface area (Å²) < 4.78 is 2.08. The largest absolute Gasteiger partial charge is 0.297 e. The van der Waals surface area contributed by atoms with Crippen LogP contribution in [0, 0.1) is 6.33 Å². The minimum Gasteiger partial charge on any atom is -0.297 e. The van der Waals surface area contributed by atoms with Gasteiger partial charge in [0.2, 0.25) is 0 Å². The van der Waals surface area contributed by atoms with Crippen molar-refractivity contribution in [1.82, 2.24) is 9.55 Å². The Morgan fingerprint density at radius 2 is 1.48 bits per heavy atom. The Labute approximate surface area is 129 Å². The van der Waals surface area contributed by atoms with Crippen molar-refractivity contribution in [3.05, 3.63) is 48.0 Å². The molecule has 1 aromatic heterocycles. The minimum absolute atomic E-state index is 0.602. The summed E-state index contributed by atoms with van der Waals surface area (Å²) in [5.74, 6) is 1.20. The minimum atomic E-state index is 0.602. The second-order valence-electron chi connectivity index (χ2n) is 5.71. The van der Waals surface area contributed by atoms with Crippen LogP contribution in [-0.4, -0.2) is 9.55 Å². The maximum Gasteiger partial charge on any atom is 0.181 e. The van der Waals surface area contributed by atoms with Crippen molar-refractivity contribution in [2.45, 2.75) is 65.2 Å². The summed E-state index contributed by atoms with van der Waals surface area (Å²) in [4.78, 5) is 4.14. The first-order valence-corrected chi connectivity index (χ1v) is 8.30. The molecular weight excluding hydrogens is 256 g/mol. The number of aromatic nitrogens is 2. The Balaban J connectivity index is 2.63. The Bertz CT molecular complexity index is 504.